The maximum Gasteiger partial charge on any atom is 0.330 e. The number of aromatic nitrogens is 3. The zero-order valence-corrected chi connectivity index (χ0v) is 16.4. The molecule has 0 aliphatic carbocycles. The molecule has 0 bridgehead atoms. The molecule has 0 spiro atoms. The third-order valence-electron chi connectivity index (χ3n) is 5.30. The van der Waals surface area contributed by atoms with Crippen molar-refractivity contribution in [2.45, 2.75) is 31.2 Å². The second kappa shape index (κ2) is 6.31. The Hall–Kier alpha value is -2.45. The summed E-state index contributed by atoms with van der Waals surface area (Å²) in [7, 11) is -1.89. The molecule has 1 fully saturated rings. The van der Waals surface area contributed by atoms with E-state index in [2.05, 4.69) is 4.98 Å². The first kappa shape index (κ1) is 17.9. The van der Waals surface area contributed by atoms with E-state index in [1.165, 1.54) is 4.31 Å². The van der Waals surface area contributed by atoms with E-state index in [0.717, 1.165) is 16.6 Å². The lowest BCUT2D eigenvalue weighted by Crippen LogP contribution is -2.32. The molecule has 8 heteroatoms. The van der Waals surface area contributed by atoms with Gasteiger partial charge in [0.15, 0.2) is 5.65 Å². The molecule has 1 aromatic carbocycles. The average Bonchev–Trinajstić information content (AvgIpc) is 3.22. The topological polar surface area (TPSA) is 77.2 Å². The van der Waals surface area contributed by atoms with Gasteiger partial charge in [-0.15, -0.1) is 0 Å². The molecule has 0 N–H and O–H groups in total. The Morgan fingerprint density at radius 3 is 2.74 bits per heavy atom. The molecule has 0 unspecified atom stereocenters. The zero-order valence-electron chi connectivity index (χ0n) is 15.6. The molecule has 0 amide bonds. The Morgan fingerprint density at radius 1 is 1.19 bits per heavy atom. The zero-order chi connectivity index (χ0) is 19.3. The van der Waals surface area contributed by atoms with Crippen LogP contribution in [0, 0.1) is 13.8 Å². The Bertz CT molecular complexity index is 1190. The van der Waals surface area contributed by atoms with Gasteiger partial charge in [-0.05, 0) is 49.6 Å². The summed E-state index contributed by atoms with van der Waals surface area (Å²) in [5.41, 5.74) is 2.82. The quantitative estimate of drug-likeness (QED) is 0.690. The summed E-state index contributed by atoms with van der Waals surface area (Å²) in [5.74, 6) is 0. The van der Waals surface area contributed by atoms with Crippen LogP contribution in [0.3, 0.4) is 0 Å². The first-order valence-electron chi connectivity index (χ1n) is 8.90. The summed E-state index contributed by atoms with van der Waals surface area (Å²) in [4.78, 5) is 17.4. The van der Waals surface area contributed by atoms with Crippen molar-refractivity contribution in [3.05, 3.63) is 58.1 Å². The minimum atomic E-state index is -3.60. The summed E-state index contributed by atoms with van der Waals surface area (Å²) in [6.07, 6.45) is 2.23. The maximum atomic E-state index is 13.2. The largest absolute Gasteiger partial charge is 0.330 e. The van der Waals surface area contributed by atoms with Crippen LogP contribution in [-0.2, 0) is 17.1 Å². The van der Waals surface area contributed by atoms with Gasteiger partial charge in [0.05, 0.1) is 16.5 Å². The summed E-state index contributed by atoms with van der Waals surface area (Å²) < 4.78 is 31.0. The minimum absolute atomic E-state index is 0.167. The number of hydrogen-bond donors (Lipinski definition) is 0. The Balaban J connectivity index is 1.72. The highest BCUT2D eigenvalue weighted by Gasteiger charge is 2.35. The van der Waals surface area contributed by atoms with Crippen LogP contribution in [0.15, 0.2) is 46.2 Å². The van der Waals surface area contributed by atoms with E-state index >= 15 is 0 Å². The van der Waals surface area contributed by atoms with Gasteiger partial charge in [0.2, 0.25) is 10.0 Å². The number of rotatable bonds is 3. The van der Waals surface area contributed by atoms with Crippen LogP contribution in [0.5, 0.6) is 0 Å². The highest BCUT2D eigenvalue weighted by atomic mass is 32.2. The van der Waals surface area contributed by atoms with Crippen molar-refractivity contribution in [2.24, 2.45) is 7.05 Å². The molecule has 1 aliphatic rings. The molecule has 2 aromatic heterocycles. The van der Waals surface area contributed by atoms with Crippen LogP contribution in [0.2, 0.25) is 0 Å². The van der Waals surface area contributed by atoms with Crippen molar-refractivity contribution in [3.63, 3.8) is 0 Å². The second-order valence-corrected chi connectivity index (χ2v) is 9.04. The van der Waals surface area contributed by atoms with E-state index in [1.54, 1.807) is 41.4 Å². The lowest BCUT2D eigenvalue weighted by atomic mass is 10.2. The van der Waals surface area contributed by atoms with Gasteiger partial charge in [0.25, 0.3) is 0 Å². The molecule has 142 valence electrons. The molecule has 3 heterocycles. The number of benzene rings is 1. The number of nitrogens with zero attached hydrogens (tertiary/aromatic N) is 4. The molecule has 3 aromatic rings. The fourth-order valence-corrected chi connectivity index (χ4v) is 5.59. The fourth-order valence-electron chi connectivity index (χ4n) is 3.78. The van der Waals surface area contributed by atoms with Crippen molar-refractivity contribution in [2.75, 3.05) is 13.1 Å². The van der Waals surface area contributed by atoms with Gasteiger partial charge in [0.1, 0.15) is 0 Å². The normalized spacial score (nSPS) is 18.4. The van der Waals surface area contributed by atoms with Gasteiger partial charge in [-0.25, -0.2) is 18.2 Å². The van der Waals surface area contributed by atoms with Crippen LogP contribution in [-0.4, -0.2) is 39.9 Å². The minimum Gasteiger partial charge on any atom is -0.293 e. The maximum absolute atomic E-state index is 13.2. The first-order chi connectivity index (χ1) is 12.8. The SMILES string of the molecule is Cc1ccc(C)c(S(=O)(=O)N2CC[C@H](n3c(=O)n(C)c4cccnc43)C2)c1. The van der Waals surface area contributed by atoms with E-state index in [9.17, 15) is 13.2 Å². The predicted octanol–water partition coefficient (Wildman–Crippen LogP) is 1.99. The molecule has 0 saturated carbocycles. The van der Waals surface area contributed by atoms with E-state index in [1.807, 2.05) is 25.1 Å². The summed E-state index contributed by atoms with van der Waals surface area (Å²) in [6.45, 7) is 4.34. The molecule has 1 atom stereocenters. The van der Waals surface area contributed by atoms with Crippen LogP contribution < -0.4 is 5.69 Å². The molecule has 7 nitrogen and oxygen atoms in total. The molecule has 4 rings (SSSR count). The molecular formula is C19H22N4O3S. The standard InChI is InChI=1S/C19H22N4O3S/c1-13-6-7-14(2)17(11-13)27(25,26)22-10-8-15(12-22)23-18-16(5-4-9-20-18)21(3)19(23)24/h4-7,9,11,15H,8,10,12H2,1-3H3/t15-/m0/s1. The predicted molar refractivity (Wildman–Crippen MR) is 103 cm³/mol. The summed E-state index contributed by atoms with van der Waals surface area (Å²) in [5, 5.41) is 0. The van der Waals surface area contributed by atoms with Crippen molar-refractivity contribution in [1.29, 1.82) is 0 Å². The molecular weight excluding hydrogens is 364 g/mol. The van der Waals surface area contributed by atoms with Gasteiger partial charge < -0.3 is 0 Å². The van der Waals surface area contributed by atoms with Gasteiger partial charge in [-0.1, -0.05) is 12.1 Å². The van der Waals surface area contributed by atoms with E-state index in [0.29, 0.717) is 23.5 Å². The third-order valence-corrected chi connectivity index (χ3v) is 7.31. The lowest BCUT2D eigenvalue weighted by Gasteiger charge is -2.18. The van der Waals surface area contributed by atoms with Crippen molar-refractivity contribution >= 4 is 21.2 Å². The van der Waals surface area contributed by atoms with Crippen LogP contribution in [0.25, 0.3) is 11.2 Å². The molecule has 27 heavy (non-hydrogen) atoms. The van der Waals surface area contributed by atoms with Crippen LogP contribution >= 0.6 is 0 Å². The number of hydrogen-bond acceptors (Lipinski definition) is 4. The number of imidazole rings is 1. The Morgan fingerprint density at radius 2 is 1.96 bits per heavy atom. The van der Waals surface area contributed by atoms with Gasteiger partial charge >= 0.3 is 5.69 Å². The monoisotopic (exact) mass is 386 g/mol. The summed E-state index contributed by atoms with van der Waals surface area (Å²) in [6, 6.07) is 8.86. The van der Waals surface area contributed by atoms with E-state index in [-0.39, 0.29) is 18.3 Å². The highest BCUT2D eigenvalue weighted by Crippen LogP contribution is 2.30. The summed E-state index contributed by atoms with van der Waals surface area (Å²) >= 11 is 0. The van der Waals surface area contributed by atoms with Crippen LogP contribution in [0.1, 0.15) is 23.6 Å². The second-order valence-electron chi connectivity index (χ2n) is 7.13. The molecule has 1 aliphatic heterocycles. The number of pyridine rings is 1. The van der Waals surface area contributed by atoms with Crippen molar-refractivity contribution < 1.29 is 8.42 Å². The average molecular weight is 386 g/mol. The number of sulfonamides is 1. The Kier molecular flexibility index (Phi) is 4.20. The number of aryl methyl sites for hydroxylation is 3. The fraction of sp³-hybridized carbons (Fsp3) is 0.368. The molecule has 1 saturated heterocycles. The molecule has 0 radical (unpaired) electrons. The van der Waals surface area contributed by atoms with Gasteiger partial charge in [0, 0.05) is 26.3 Å². The number of fused-ring (bicyclic) bond motifs is 1. The Labute approximate surface area is 157 Å². The van der Waals surface area contributed by atoms with E-state index < -0.39 is 10.0 Å². The highest BCUT2D eigenvalue weighted by molar-refractivity contribution is 7.89. The lowest BCUT2D eigenvalue weighted by molar-refractivity contribution is 0.449. The van der Waals surface area contributed by atoms with Crippen molar-refractivity contribution in [1.82, 2.24) is 18.4 Å². The van der Waals surface area contributed by atoms with Crippen molar-refractivity contribution in [3.8, 4) is 0 Å². The third kappa shape index (κ3) is 2.80. The first-order valence-corrected chi connectivity index (χ1v) is 10.3. The van der Waals surface area contributed by atoms with Gasteiger partial charge in [-0.2, -0.15) is 4.31 Å². The van der Waals surface area contributed by atoms with Crippen LogP contribution in [0.4, 0.5) is 0 Å². The van der Waals surface area contributed by atoms with E-state index in [4.69, 9.17) is 0 Å². The van der Waals surface area contributed by atoms with Gasteiger partial charge in [-0.3, -0.25) is 9.13 Å². The smallest absolute Gasteiger partial charge is 0.293 e.